The first-order chi connectivity index (χ1) is 8.08. The quantitative estimate of drug-likeness (QED) is 0.863. The van der Waals surface area contributed by atoms with Gasteiger partial charge >= 0.3 is 0 Å². The molecule has 0 atom stereocenters. The van der Waals surface area contributed by atoms with Crippen molar-refractivity contribution in [3.05, 3.63) is 46.7 Å². The second-order valence-electron chi connectivity index (χ2n) is 4.04. The lowest BCUT2D eigenvalue weighted by atomic mass is 10.0. The van der Waals surface area contributed by atoms with E-state index in [9.17, 15) is 4.79 Å². The fourth-order valence-electron chi connectivity index (χ4n) is 1.78. The van der Waals surface area contributed by atoms with Crippen LogP contribution in [0, 0.1) is 20.8 Å². The van der Waals surface area contributed by atoms with E-state index in [2.05, 4.69) is 10.5 Å². The van der Waals surface area contributed by atoms with Gasteiger partial charge in [-0.25, -0.2) is 0 Å². The maximum absolute atomic E-state index is 12.1. The predicted octanol–water partition coefficient (Wildman–Crippen LogP) is 2.85. The summed E-state index contributed by atoms with van der Waals surface area (Å²) in [7, 11) is 0. The predicted molar refractivity (Wildman–Crippen MR) is 65.1 cm³/mol. The van der Waals surface area contributed by atoms with Crippen molar-refractivity contribution in [1.29, 1.82) is 0 Å². The normalized spacial score (nSPS) is 10.3. The highest BCUT2D eigenvalue weighted by atomic mass is 16.5. The lowest BCUT2D eigenvalue weighted by Crippen LogP contribution is -2.15. The number of amides is 1. The second-order valence-corrected chi connectivity index (χ2v) is 4.04. The van der Waals surface area contributed by atoms with Gasteiger partial charge in [0.05, 0.1) is 0 Å². The van der Waals surface area contributed by atoms with Crippen LogP contribution in [0.4, 0.5) is 5.82 Å². The molecule has 1 amide bonds. The highest BCUT2D eigenvalue weighted by Gasteiger charge is 2.13. The first kappa shape index (κ1) is 11.4. The number of nitrogens with one attached hydrogen (secondary N) is 1. The molecule has 0 unspecified atom stereocenters. The number of carbonyl (C=O) groups is 1. The molecule has 2 rings (SSSR count). The molecule has 88 valence electrons. The van der Waals surface area contributed by atoms with Gasteiger partial charge in [-0.2, -0.15) is 0 Å². The Labute approximate surface area is 99.6 Å². The molecule has 0 aliphatic heterocycles. The Morgan fingerprint density at radius 2 is 1.88 bits per heavy atom. The van der Waals surface area contributed by atoms with E-state index in [0.717, 1.165) is 11.1 Å². The minimum absolute atomic E-state index is 0.158. The molecule has 4 heteroatoms. The highest BCUT2D eigenvalue weighted by Crippen LogP contribution is 2.16. The van der Waals surface area contributed by atoms with Crippen LogP contribution in [0.5, 0.6) is 0 Å². The van der Waals surface area contributed by atoms with Crippen molar-refractivity contribution in [2.24, 2.45) is 0 Å². The molecule has 0 fully saturated rings. The molecule has 0 aliphatic carbocycles. The van der Waals surface area contributed by atoms with Crippen molar-refractivity contribution < 1.29 is 9.32 Å². The maximum Gasteiger partial charge on any atom is 0.257 e. The van der Waals surface area contributed by atoms with Crippen LogP contribution in [-0.4, -0.2) is 11.1 Å². The molecule has 0 radical (unpaired) electrons. The van der Waals surface area contributed by atoms with Crippen molar-refractivity contribution in [1.82, 2.24) is 5.16 Å². The van der Waals surface area contributed by atoms with E-state index in [1.54, 1.807) is 13.0 Å². The molecular formula is C13H14N2O2. The Morgan fingerprint density at radius 1 is 1.24 bits per heavy atom. The molecule has 0 saturated carbocycles. The third-order valence-corrected chi connectivity index (χ3v) is 2.58. The van der Waals surface area contributed by atoms with E-state index < -0.39 is 0 Å². The smallest absolute Gasteiger partial charge is 0.257 e. The number of nitrogens with zero attached hydrogens (tertiary/aromatic N) is 1. The molecule has 4 nitrogen and oxygen atoms in total. The van der Waals surface area contributed by atoms with E-state index in [4.69, 9.17) is 4.52 Å². The fraction of sp³-hybridized carbons (Fsp3) is 0.231. The van der Waals surface area contributed by atoms with Gasteiger partial charge in [0.15, 0.2) is 5.82 Å². The molecule has 1 heterocycles. The molecule has 17 heavy (non-hydrogen) atoms. The topological polar surface area (TPSA) is 55.1 Å². The summed E-state index contributed by atoms with van der Waals surface area (Å²) in [5.41, 5.74) is 2.58. The number of carbonyl (C=O) groups excluding carboxylic acids is 1. The minimum atomic E-state index is -0.158. The van der Waals surface area contributed by atoms with Gasteiger partial charge in [0, 0.05) is 11.6 Å². The Kier molecular flexibility index (Phi) is 2.95. The maximum atomic E-state index is 12.1. The van der Waals surface area contributed by atoms with Crippen LogP contribution in [0.3, 0.4) is 0 Å². The first-order valence-electron chi connectivity index (χ1n) is 5.39. The number of hydrogen-bond donors (Lipinski definition) is 1. The molecule has 1 aromatic carbocycles. The van der Waals surface area contributed by atoms with Crippen LogP contribution < -0.4 is 5.32 Å². The second kappa shape index (κ2) is 4.41. The Hall–Kier alpha value is -2.10. The molecule has 1 N–H and O–H groups in total. The molecular weight excluding hydrogens is 216 g/mol. The molecule has 2 aromatic rings. The van der Waals surface area contributed by atoms with E-state index >= 15 is 0 Å². The number of rotatable bonds is 2. The van der Waals surface area contributed by atoms with E-state index in [1.165, 1.54) is 0 Å². The standard InChI is InChI=1S/C13H14N2O2/c1-8-5-4-6-9(2)12(8)13(16)14-11-7-10(3)17-15-11/h4-7H,1-3H3,(H,14,15,16). The van der Waals surface area contributed by atoms with Gasteiger partial charge in [-0.05, 0) is 31.9 Å². The van der Waals surface area contributed by atoms with Crippen LogP contribution in [0.15, 0.2) is 28.8 Å². The van der Waals surface area contributed by atoms with Crippen molar-refractivity contribution in [2.45, 2.75) is 20.8 Å². The van der Waals surface area contributed by atoms with E-state index in [-0.39, 0.29) is 5.91 Å². The van der Waals surface area contributed by atoms with Crippen molar-refractivity contribution in [3.8, 4) is 0 Å². The van der Waals surface area contributed by atoms with E-state index in [1.807, 2.05) is 32.0 Å². The zero-order valence-corrected chi connectivity index (χ0v) is 10.1. The molecule has 0 aliphatic rings. The fourth-order valence-corrected chi connectivity index (χ4v) is 1.78. The molecule has 1 aromatic heterocycles. The van der Waals surface area contributed by atoms with Gasteiger partial charge in [0.25, 0.3) is 5.91 Å². The van der Waals surface area contributed by atoms with Gasteiger partial charge in [-0.15, -0.1) is 0 Å². The highest BCUT2D eigenvalue weighted by molar-refractivity contribution is 6.05. The summed E-state index contributed by atoms with van der Waals surface area (Å²) in [5, 5.41) is 6.45. The number of aromatic nitrogens is 1. The average molecular weight is 230 g/mol. The van der Waals surface area contributed by atoms with Gasteiger partial charge in [0.2, 0.25) is 0 Å². The number of hydrogen-bond acceptors (Lipinski definition) is 3. The largest absolute Gasteiger partial charge is 0.360 e. The SMILES string of the molecule is Cc1cc(NC(=O)c2c(C)cccc2C)no1. The summed E-state index contributed by atoms with van der Waals surface area (Å²) in [6.07, 6.45) is 0. The monoisotopic (exact) mass is 230 g/mol. The van der Waals surface area contributed by atoms with Crippen LogP contribution >= 0.6 is 0 Å². The lowest BCUT2D eigenvalue weighted by Gasteiger charge is -2.08. The van der Waals surface area contributed by atoms with Gasteiger partial charge in [0.1, 0.15) is 5.76 Å². The first-order valence-corrected chi connectivity index (χ1v) is 5.39. The minimum Gasteiger partial charge on any atom is -0.360 e. The molecule has 0 bridgehead atoms. The van der Waals surface area contributed by atoms with Crippen LogP contribution in [-0.2, 0) is 0 Å². The summed E-state index contributed by atoms with van der Waals surface area (Å²) in [5.74, 6) is 0.950. The molecule has 0 saturated heterocycles. The Morgan fingerprint density at radius 3 is 2.41 bits per heavy atom. The summed E-state index contributed by atoms with van der Waals surface area (Å²) >= 11 is 0. The Bertz CT molecular complexity index is 538. The number of benzene rings is 1. The molecule has 0 spiro atoms. The average Bonchev–Trinajstić information content (AvgIpc) is 2.63. The van der Waals surface area contributed by atoms with Gasteiger partial charge in [-0.1, -0.05) is 23.4 Å². The van der Waals surface area contributed by atoms with Crippen molar-refractivity contribution in [2.75, 3.05) is 5.32 Å². The zero-order chi connectivity index (χ0) is 12.4. The van der Waals surface area contributed by atoms with Gasteiger partial charge < -0.3 is 9.84 Å². The summed E-state index contributed by atoms with van der Waals surface area (Å²) < 4.78 is 4.90. The third-order valence-electron chi connectivity index (χ3n) is 2.58. The zero-order valence-electron chi connectivity index (χ0n) is 10.1. The summed E-state index contributed by atoms with van der Waals surface area (Å²) in [6, 6.07) is 7.44. The van der Waals surface area contributed by atoms with Crippen LogP contribution in [0.25, 0.3) is 0 Å². The lowest BCUT2D eigenvalue weighted by molar-refractivity contribution is 0.102. The number of aryl methyl sites for hydroxylation is 3. The summed E-state index contributed by atoms with van der Waals surface area (Å²) in [4.78, 5) is 12.1. The Balaban J connectivity index is 2.26. The van der Waals surface area contributed by atoms with Crippen LogP contribution in [0.2, 0.25) is 0 Å². The van der Waals surface area contributed by atoms with E-state index in [0.29, 0.717) is 17.1 Å². The third kappa shape index (κ3) is 2.36. The van der Waals surface area contributed by atoms with Crippen molar-refractivity contribution in [3.63, 3.8) is 0 Å². The van der Waals surface area contributed by atoms with Gasteiger partial charge in [-0.3, -0.25) is 4.79 Å². The number of anilines is 1. The van der Waals surface area contributed by atoms with Crippen LogP contribution in [0.1, 0.15) is 27.2 Å². The van der Waals surface area contributed by atoms with Crippen molar-refractivity contribution >= 4 is 11.7 Å². The summed E-state index contributed by atoms with van der Waals surface area (Å²) in [6.45, 7) is 5.60.